The molecule has 1 aromatic rings. The number of carbonyl (C=O) groups is 1. The Bertz CT molecular complexity index is 255. The molecular formula is C8H8O. The van der Waals surface area contributed by atoms with Crippen molar-refractivity contribution >= 4 is 6.26 Å². The quantitative estimate of drug-likeness (QED) is 0.519. The summed E-state index contributed by atoms with van der Waals surface area (Å²) in [6, 6.07) is 7.02. The molecule has 0 saturated carbocycles. The summed E-state index contributed by atoms with van der Waals surface area (Å²) < 4.78 is 6.78. The number of aldehydes is 1. The molecule has 0 radical (unpaired) electrons. The zero-order chi connectivity index (χ0) is 7.56. The lowest BCUT2D eigenvalue weighted by molar-refractivity contribution is 0.112. The third-order valence-electron chi connectivity index (χ3n) is 1.14. The number of hydrogen-bond donors (Lipinski definition) is 0. The van der Waals surface area contributed by atoms with Crippen LogP contribution in [0.4, 0.5) is 0 Å². The first kappa shape index (κ1) is 4.74. The fourth-order valence-corrected chi connectivity index (χ4v) is 0.709. The molecule has 46 valence electrons. The number of aryl methyl sites for hydroxylation is 1. The summed E-state index contributed by atoms with van der Waals surface area (Å²) in [6.45, 7) is 1.90. The largest absolute Gasteiger partial charge is 0.298 e. The van der Waals surface area contributed by atoms with E-state index in [2.05, 4.69) is 0 Å². The maximum Gasteiger partial charge on any atom is 0.150 e. The van der Waals surface area contributed by atoms with Gasteiger partial charge in [-0.15, -0.1) is 0 Å². The Hall–Kier alpha value is -1.11. The van der Waals surface area contributed by atoms with Crippen molar-refractivity contribution in [3.63, 3.8) is 0 Å². The van der Waals surface area contributed by atoms with Crippen LogP contribution < -0.4 is 0 Å². The van der Waals surface area contributed by atoms with Gasteiger partial charge in [0.05, 0.1) is 0 Å². The smallest absolute Gasteiger partial charge is 0.150 e. The molecule has 1 nitrogen and oxygen atoms in total. The van der Waals surface area contributed by atoms with Gasteiger partial charge < -0.3 is 0 Å². The summed E-state index contributed by atoms with van der Waals surface area (Å²) in [7, 11) is 0. The summed E-state index contributed by atoms with van der Waals surface area (Å²) >= 11 is 0. The second-order valence-corrected chi connectivity index (χ2v) is 1.97. The minimum atomic E-state index is -0.622. The van der Waals surface area contributed by atoms with Gasteiger partial charge >= 0.3 is 0 Å². The summed E-state index contributed by atoms with van der Waals surface area (Å²) in [5.74, 6) is 0. The van der Waals surface area contributed by atoms with Crippen molar-refractivity contribution in [1.82, 2.24) is 0 Å². The van der Waals surface area contributed by atoms with Crippen LogP contribution in [0.3, 0.4) is 0 Å². The van der Waals surface area contributed by atoms with Crippen molar-refractivity contribution in [3.8, 4) is 0 Å². The van der Waals surface area contributed by atoms with Gasteiger partial charge in [0.15, 0.2) is 0 Å². The van der Waals surface area contributed by atoms with E-state index >= 15 is 0 Å². The van der Waals surface area contributed by atoms with E-state index in [-0.39, 0.29) is 0 Å². The van der Waals surface area contributed by atoms with Crippen molar-refractivity contribution in [3.05, 3.63) is 35.4 Å². The third-order valence-corrected chi connectivity index (χ3v) is 1.14. The highest BCUT2D eigenvalue weighted by Crippen LogP contribution is 1.99. The number of rotatable bonds is 1. The Kier molecular flexibility index (Phi) is 1.29. The zero-order valence-electron chi connectivity index (χ0n) is 6.22. The van der Waals surface area contributed by atoms with Crippen molar-refractivity contribution in [1.29, 1.82) is 0 Å². The second kappa shape index (κ2) is 2.44. The molecule has 0 heterocycles. The van der Waals surface area contributed by atoms with Crippen molar-refractivity contribution < 1.29 is 6.17 Å². The average Bonchev–Trinajstić information content (AvgIpc) is 1.88. The highest BCUT2D eigenvalue weighted by Gasteiger charge is 1.86. The molecule has 0 spiro atoms. The first-order chi connectivity index (χ1) is 4.70. The Balaban J connectivity index is 3.07. The molecule has 0 bridgehead atoms. The molecule has 0 unspecified atom stereocenters. The Labute approximate surface area is 55.7 Å². The van der Waals surface area contributed by atoms with E-state index in [0.717, 1.165) is 5.56 Å². The Morgan fingerprint density at radius 3 is 2.89 bits per heavy atom. The van der Waals surface area contributed by atoms with Crippen molar-refractivity contribution in [2.45, 2.75) is 6.92 Å². The third kappa shape index (κ3) is 1.39. The minimum absolute atomic E-state index is 0.458. The van der Waals surface area contributed by atoms with E-state index < -0.39 is 6.26 Å². The van der Waals surface area contributed by atoms with Crippen LogP contribution >= 0.6 is 0 Å². The average molecular weight is 122 g/mol. The molecule has 0 saturated heterocycles. The molecule has 0 N–H and O–H groups in total. The Morgan fingerprint density at radius 2 is 2.44 bits per heavy atom. The normalized spacial score (nSPS) is 10.6. The maximum atomic E-state index is 10.5. The molecule has 0 aromatic heterocycles. The van der Waals surface area contributed by atoms with Crippen LogP contribution in [0.5, 0.6) is 0 Å². The van der Waals surface area contributed by atoms with Gasteiger partial charge in [-0.3, -0.25) is 4.79 Å². The molecule has 0 aliphatic rings. The van der Waals surface area contributed by atoms with Crippen LogP contribution in [0.2, 0.25) is 0 Å². The van der Waals surface area contributed by atoms with E-state index in [1.807, 2.05) is 13.0 Å². The van der Waals surface area contributed by atoms with Gasteiger partial charge in [0, 0.05) is 5.56 Å². The predicted molar refractivity (Wildman–Crippen MR) is 36.6 cm³/mol. The van der Waals surface area contributed by atoms with Crippen LogP contribution in [0, 0.1) is 6.92 Å². The summed E-state index contributed by atoms with van der Waals surface area (Å²) in [4.78, 5) is 10.5. The summed E-state index contributed by atoms with van der Waals surface area (Å²) in [5, 5.41) is 0. The van der Waals surface area contributed by atoms with E-state index in [1.165, 1.54) is 0 Å². The molecule has 1 heteroatoms. The fourth-order valence-electron chi connectivity index (χ4n) is 0.709. The molecule has 9 heavy (non-hydrogen) atoms. The van der Waals surface area contributed by atoms with Gasteiger partial charge in [0.25, 0.3) is 0 Å². The van der Waals surface area contributed by atoms with Gasteiger partial charge in [-0.25, -0.2) is 0 Å². The van der Waals surface area contributed by atoms with Gasteiger partial charge in [-0.1, -0.05) is 23.8 Å². The van der Waals surface area contributed by atoms with E-state index in [0.29, 0.717) is 5.56 Å². The van der Waals surface area contributed by atoms with E-state index in [4.69, 9.17) is 1.37 Å². The first-order valence-corrected chi connectivity index (χ1v) is 2.78. The molecule has 0 aliphatic heterocycles. The number of carbonyl (C=O) groups excluding carboxylic acids is 1. The van der Waals surface area contributed by atoms with Crippen molar-refractivity contribution in [2.24, 2.45) is 0 Å². The van der Waals surface area contributed by atoms with Crippen molar-refractivity contribution in [2.75, 3.05) is 0 Å². The zero-order valence-corrected chi connectivity index (χ0v) is 5.22. The number of hydrogen-bond acceptors (Lipinski definition) is 1. The van der Waals surface area contributed by atoms with Gasteiger partial charge in [-0.2, -0.15) is 0 Å². The fraction of sp³-hybridized carbons (Fsp3) is 0.125. The van der Waals surface area contributed by atoms with E-state index in [1.54, 1.807) is 18.2 Å². The van der Waals surface area contributed by atoms with Crippen LogP contribution in [-0.4, -0.2) is 6.26 Å². The molecule has 0 amide bonds. The second-order valence-electron chi connectivity index (χ2n) is 1.97. The van der Waals surface area contributed by atoms with E-state index in [9.17, 15) is 4.79 Å². The van der Waals surface area contributed by atoms with Gasteiger partial charge in [0.2, 0.25) is 0 Å². The lowest BCUT2D eigenvalue weighted by Crippen LogP contribution is -1.78. The van der Waals surface area contributed by atoms with Gasteiger partial charge in [0.1, 0.15) is 7.63 Å². The summed E-state index contributed by atoms with van der Waals surface area (Å²) in [6.07, 6.45) is -0.622. The molecule has 0 atom stereocenters. The van der Waals surface area contributed by atoms with Gasteiger partial charge in [-0.05, 0) is 13.0 Å². The SMILES string of the molecule is [3H]C(=O)c1cccc(C)c1. The lowest BCUT2D eigenvalue weighted by atomic mass is 10.2. The molecule has 1 rings (SSSR count). The van der Waals surface area contributed by atoms with Crippen LogP contribution in [0.25, 0.3) is 0 Å². The molecule has 1 aromatic carbocycles. The first-order valence-electron chi connectivity index (χ1n) is 3.28. The minimum Gasteiger partial charge on any atom is -0.298 e. The summed E-state index contributed by atoms with van der Waals surface area (Å²) in [5.41, 5.74) is 1.47. The molecule has 0 aliphatic carbocycles. The molecule has 0 fully saturated rings. The highest BCUT2D eigenvalue weighted by molar-refractivity contribution is 5.74. The number of benzene rings is 1. The topological polar surface area (TPSA) is 17.1 Å². The lowest BCUT2D eigenvalue weighted by Gasteiger charge is -1.89. The predicted octanol–water partition coefficient (Wildman–Crippen LogP) is 1.81. The van der Waals surface area contributed by atoms with Crippen LogP contribution in [0.1, 0.15) is 17.3 Å². The standard InChI is InChI=1S/C8H8O/c1-7-3-2-4-8(5-7)6-9/h2-6H,1H3/i6T. The van der Waals surface area contributed by atoms with Crippen LogP contribution in [-0.2, 0) is 0 Å². The Morgan fingerprint density at radius 1 is 1.67 bits per heavy atom. The van der Waals surface area contributed by atoms with Crippen LogP contribution in [0.15, 0.2) is 24.3 Å². The molecular weight excluding hydrogens is 112 g/mol. The monoisotopic (exact) mass is 122 g/mol. The highest BCUT2D eigenvalue weighted by atomic mass is 16.1. The maximum absolute atomic E-state index is 10.5.